The molecule has 0 saturated carbocycles. The van der Waals surface area contributed by atoms with Crippen LogP contribution in [0.4, 0.5) is 26.3 Å². The Balaban J connectivity index is 0.000000345. The molecule has 2 aliphatic rings. The van der Waals surface area contributed by atoms with Gasteiger partial charge in [0.1, 0.15) is 5.52 Å². The molecule has 4 N–H and O–H groups in total. The van der Waals surface area contributed by atoms with Crippen LogP contribution in [0.25, 0.3) is 16.6 Å². The fourth-order valence-corrected chi connectivity index (χ4v) is 5.63. The van der Waals surface area contributed by atoms with Crippen LogP contribution in [0.2, 0.25) is 0 Å². The first-order valence-corrected chi connectivity index (χ1v) is 14.6. The molecule has 2 aliphatic heterocycles. The Bertz CT molecular complexity index is 1450. The molecule has 11 nitrogen and oxygen atoms in total. The van der Waals surface area contributed by atoms with E-state index >= 15 is 0 Å². The molecule has 46 heavy (non-hydrogen) atoms. The maximum absolute atomic E-state index is 11.7. The number of alkyl halides is 6. The van der Waals surface area contributed by atoms with Crippen molar-refractivity contribution >= 4 is 40.7 Å². The zero-order valence-electron chi connectivity index (χ0n) is 24.1. The average molecular weight is 680 g/mol. The number of primary amides is 1. The number of morpholine rings is 1. The van der Waals surface area contributed by atoms with E-state index in [-0.39, 0.29) is 0 Å². The summed E-state index contributed by atoms with van der Waals surface area (Å²) in [7, 11) is 0. The number of likely N-dealkylation sites (tertiary alicyclic amines) is 1. The molecule has 5 rings (SSSR count). The minimum absolute atomic E-state index is 0.452. The van der Waals surface area contributed by atoms with E-state index in [0.29, 0.717) is 11.1 Å². The number of hydrogen-bond donors (Lipinski definition) is 3. The highest BCUT2D eigenvalue weighted by molar-refractivity contribution is 7.97. The highest BCUT2D eigenvalue weighted by Crippen LogP contribution is 2.28. The minimum atomic E-state index is -5.08. The van der Waals surface area contributed by atoms with Gasteiger partial charge in [-0.15, -0.1) is 0 Å². The molecular weight excluding hydrogens is 648 g/mol. The van der Waals surface area contributed by atoms with Crippen LogP contribution in [0.15, 0.2) is 48.7 Å². The normalized spacial score (nSPS) is 16.6. The summed E-state index contributed by atoms with van der Waals surface area (Å²) in [6.45, 7) is 7.09. The predicted molar refractivity (Wildman–Crippen MR) is 155 cm³/mol. The fraction of sp³-hybridized carbons (Fsp3) is 0.429. The molecule has 252 valence electrons. The summed E-state index contributed by atoms with van der Waals surface area (Å²) < 4.78 is 73.2. The molecule has 1 amide bonds. The Labute approximate surface area is 263 Å². The van der Waals surface area contributed by atoms with E-state index in [1.807, 2.05) is 35.0 Å². The third-order valence-corrected chi connectivity index (χ3v) is 8.13. The molecular formula is C28H31F6N5O6S. The number of halogens is 6. The summed E-state index contributed by atoms with van der Waals surface area (Å²) in [6, 6.07) is 14.0. The van der Waals surface area contributed by atoms with Gasteiger partial charge in [0.25, 0.3) is 5.91 Å². The number of piperidine rings is 1. The molecule has 0 spiro atoms. The lowest BCUT2D eigenvalue weighted by Gasteiger charge is -2.35. The topological polar surface area (TPSA) is 151 Å². The number of fused-ring (bicyclic) bond motifs is 1. The summed E-state index contributed by atoms with van der Waals surface area (Å²) in [5, 5.41) is 20.5. The van der Waals surface area contributed by atoms with Crippen molar-refractivity contribution in [1.82, 2.24) is 19.0 Å². The van der Waals surface area contributed by atoms with Crippen molar-refractivity contribution in [2.75, 3.05) is 39.4 Å². The number of carboxylic acid groups (broad SMARTS) is 2. The molecule has 0 bridgehead atoms. The lowest BCUT2D eigenvalue weighted by molar-refractivity contribution is -0.193. The largest absolute Gasteiger partial charge is 0.490 e. The number of aliphatic carboxylic acids is 2. The van der Waals surface area contributed by atoms with Crippen LogP contribution >= 0.6 is 11.9 Å². The van der Waals surface area contributed by atoms with Gasteiger partial charge in [-0.3, -0.25) is 9.69 Å². The number of carboxylic acids is 2. The number of ether oxygens (including phenoxy) is 1. The third kappa shape index (κ3) is 11.2. The van der Waals surface area contributed by atoms with Crippen molar-refractivity contribution in [2.24, 2.45) is 5.73 Å². The maximum atomic E-state index is 11.7. The SMILES string of the molecule is NC(=O)c1cccc2cn(-c3ccc(CN4CCC(SN5CCOCC5)CC4)cc3)nc12.O=C(O)C(F)(F)F.O=C(O)C(F)(F)F. The highest BCUT2D eigenvalue weighted by atomic mass is 32.2. The molecule has 0 radical (unpaired) electrons. The lowest BCUT2D eigenvalue weighted by Crippen LogP contribution is -2.38. The number of carbonyl (C=O) groups excluding carboxylic acids is 1. The predicted octanol–water partition coefficient (Wildman–Crippen LogP) is 4.34. The minimum Gasteiger partial charge on any atom is -0.475 e. The van der Waals surface area contributed by atoms with Crippen LogP contribution in [0, 0.1) is 0 Å². The van der Waals surface area contributed by atoms with Crippen LogP contribution in [0.3, 0.4) is 0 Å². The van der Waals surface area contributed by atoms with E-state index in [1.54, 1.807) is 6.07 Å². The Kier molecular flexibility index (Phi) is 12.8. The van der Waals surface area contributed by atoms with Gasteiger partial charge in [-0.05, 0) is 49.7 Å². The van der Waals surface area contributed by atoms with Crippen molar-refractivity contribution in [3.63, 3.8) is 0 Å². The molecule has 1 aromatic heterocycles. The molecule has 3 aromatic rings. The Hall–Kier alpha value is -3.87. The van der Waals surface area contributed by atoms with Gasteiger partial charge in [0, 0.05) is 36.5 Å². The summed E-state index contributed by atoms with van der Waals surface area (Å²) in [4.78, 5) is 32.0. The molecule has 18 heteroatoms. The first-order valence-electron chi connectivity index (χ1n) is 13.7. The number of aromatic nitrogens is 2. The summed E-state index contributed by atoms with van der Waals surface area (Å²) >= 11 is 2.04. The second-order valence-electron chi connectivity index (χ2n) is 10.1. The molecule has 0 unspecified atom stereocenters. The summed E-state index contributed by atoms with van der Waals surface area (Å²) in [5.74, 6) is -5.97. The smallest absolute Gasteiger partial charge is 0.475 e. The third-order valence-electron chi connectivity index (χ3n) is 6.70. The molecule has 0 aliphatic carbocycles. The average Bonchev–Trinajstić information content (AvgIpc) is 3.43. The molecule has 2 saturated heterocycles. The van der Waals surface area contributed by atoms with Crippen LogP contribution < -0.4 is 5.73 Å². The Morgan fingerprint density at radius 2 is 1.43 bits per heavy atom. The number of nitrogens with zero attached hydrogens (tertiary/aromatic N) is 4. The first kappa shape index (κ1) is 36.6. The van der Waals surface area contributed by atoms with E-state index in [1.165, 1.54) is 18.4 Å². The van der Waals surface area contributed by atoms with Gasteiger partial charge in [0.05, 0.1) is 24.5 Å². The Morgan fingerprint density at radius 1 is 0.891 bits per heavy atom. The fourth-order valence-electron chi connectivity index (χ4n) is 4.42. The van der Waals surface area contributed by atoms with Crippen molar-refractivity contribution in [2.45, 2.75) is 37.0 Å². The van der Waals surface area contributed by atoms with Crippen molar-refractivity contribution in [1.29, 1.82) is 0 Å². The van der Waals surface area contributed by atoms with Crippen molar-refractivity contribution in [3.8, 4) is 5.69 Å². The van der Waals surface area contributed by atoms with Crippen LogP contribution in [-0.4, -0.2) is 104 Å². The second kappa shape index (κ2) is 16.1. The standard InChI is InChI=1S/C24H29N5O2S.2C2HF3O2/c25-24(30)22-3-1-2-19-17-29(26-23(19)22)20-6-4-18(5-7-20)16-27-10-8-21(9-11-27)32-28-12-14-31-15-13-28;2*3-2(4,5)1(6)7/h1-7,17,21H,8-16H2,(H2,25,30);2*(H,6,7). The number of nitrogens with two attached hydrogens (primary N) is 1. The molecule has 2 fully saturated rings. The van der Waals surface area contributed by atoms with E-state index in [4.69, 9.17) is 30.3 Å². The zero-order chi connectivity index (χ0) is 34.1. The monoisotopic (exact) mass is 679 g/mol. The van der Waals surface area contributed by atoms with Crippen molar-refractivity contribution < 1.29 is 55.7 Å². The van der Waals surface area contributed by atoms with Gasteiger partial charge in [-0.2, -0.15) is 31.4 Å². The van der Waals surface area contributed by atoms with Gasteiger partial charge in [0.15, 0.2) is 0 Å². The van der Waals surface area contributed by atoms with Gasteiger partial charge < -0.3 is 20.7 Å². The van der Waals surface area contributed by atoms with Gasteiger partial charge in [-0.1, -0.05) is 36.2 Å². The molecule has 2 aromatic carbocycles. The maximum Gasteiger partial charge on any atom is 0.490 e. The molecule has 0 atom stereocenters. The quantitative estimate of drug-likeness (QED) is 0.254. The first-order chi connectivity index (χ1) is 21.5. The Morgan fingerprint density at radius 3 is 1.93 bits per heavy atom. The second-order valence-corrected chi connectivity index (χ2v) is 11.5. The summed E-state index contributed by atoms with van der Waals surface area (Å²) in [6.07, 6.45) is -5.75. The van der Waals surface area contributed by atoms with E-state index in [2.05, 4.69) is 38.6 Å². The number of carbonyl (C=O) groups is 3. The number of rotatable bonds is 6. The molecule has 3 heterocycles. The number of amides is 1. The van der Waals surface area contributed by atoms with Crippen LogP contribution in [0.1, 0.15) is 28.8 Å². The van der Waals surface area contributed by atoms with Crippen molar-refractivity contribution in [3.05, 3.63) is 59.8 Å². The zero-order valence-corrected chi connectivity index (χ0v) is 24.9. The van der Waals surface area contributed by atoms with Gasteiger partial charge in [-0.25, -0.2) is 18.6 Å². The number of benzene rings is 2. The lowest BCUT2D eigenvalue weighted by atomic mass is 10.1. The van der Waals surface area contributed by atoms with Crippen LogP contribution in [0.5, 0.6) is 0 Å². The van der Waals surface area contributed by atoms with E-state index in [0.717, 1.165) is 62.3 Å². The van der Waals surface area contributed by atoms with Crippen LogP contribution in [-0.2, 0) is 20.9 Å². The van der Waals surface area contributed by atoms with Gasteiger partial charge >= 0.3 is 24.3 Å². The van der Waals surface area contributed by atoms with Gasteiger partial charge in [0.2, 0.25) is 0 Å². The van der Waals surface area contributed by atoms with E-state index < -0.39 is 30.2 Å². The van der Waals surface area contributed by atoms with E-state index in [9.17, 15) is 31.1 Å². The summed E-state index contributed by atoms with van der Waals surface area (Å²) in [5.41, 5.74) is 8.86. The number of hydrogen-bond acceptors (Lipinski definition) is 8. The highest BCUT2D eigenvalue weighted by Gasteiger charge is 2.38.